The molecule has 188 valence electrons. The van der Waals surface area contributed by atoms with E-state index in [1.54, 1.807) is 13.8 Å². The number of aliphatic hydroxyl groups is 1. The van der Waals surface area contributed by atoms with Crippen molar-refractivity contribution >= 4 is 11.8 Å². The molecule has 2 aromatic rings. The molecule has 2 aliphatic rings. The van der Waals surface area contributed by atoms with Crippen LogP contribution < -0.4 is 11.1 Å². The van der Waals surface area contributed by atoms with E-state index in [-0.39, 0.29) is 36.4 Å². The third-order valence-corrected chi connectivity index (χ3v) is 7.45. The van der Waals surface area contributed by atoms with Gasteiger partial charge in [-0.15, -0.1) is 0 Å². The Labute approximate surface area is 207 Å². The predicted molar refractivity (Wildman–Crippen MR) is 135 cm³/mol. The smallest absolute Gasteiger partial charge is 0.247 e. The van der Waals surface area contributed by atoms with Crippen LogP contribution >= 0.6 is 0 Å². The number of fused-ring (bicyclic) bond motifs is 2. The van der Waals surface area contributed by atoms with Crippen LogP contribution in [0.15, 0.2) is 54.6 Å². The molecule has 7 nitrogen and oxygen atoms in total. The van der Waals surface area contributed by atoms with Crippen LogP contribution in [0, 0.1) is 0 Å². The molecule has 7 heteroatoms. The van der Waals surface area contributed by atoms with Crippen molar-refractivity contribution in [2.75, 3.05) is 26.3 Å². The van der Waals surface area contributed by atoms with Gasteiger partial charge in [0.05, 0.1) is 18.8 Å². The van der Waals surface area contributed by atoms with Gasteiger partial charge >= 0.3 is 0 Å². The molecule has 0 bridgehead atoms. The van der Waals surface area contributed by atoms with Gasteiger partial charge in [-0.2, -0.15) is 0 Å². The third-order valence-electron chi connectivity index (χ3n) is 7.45. The van der Waals surface area contributed by atoms with Crippen LogP contribution in [-0.2, 0) is 26.3 Å². The Morgan fingerprint density at radius 1 is 1.14 bits per heavy atom. The highest BCUT2D eigenvalue weighted by Gasteiger charge is 2.46. The van der Waals surface area contributed by atoms with Crippen molar-refractivity contribution in [3.8, 4) is 0 Å². The number of aliphatic hydroxyl groups excluding tert-OH is 1. The lowest BCUT2D eigenvalue weighted by atomic mass is 9.73. The molecule has 1 spiro atoms. The van der Waals surface area contributed by atoms with E-state index in [0.717, 1.165) is 24.8 Å². The summed E-state index contributed by atoms with van der Waals surface area (Å²) in [5.41, 5.74) is 8.42. The van der Waals surface area contributed by atoms with Crippen molar-refractivity contribution in [3.05, 3.63) is 71.3 Å². The number of amides is 2. The molecule has 2 amide bonds. The van der Waals surface area contributed by atoms with Gasteiger partial charge in [0.1, 0.15) is 6.04 Å². The number of nitrogens with zero attached hydrogens (tertiary/aromatic N) is 1. The maximum absolute atomic E-state index is 13.5. The number of likely N-dealkylation sites (tertiary alicyclic amines) is 1. The summed E-state index contributed by atoms with van der Waals surface area (Å²) in [5, 5.41) is 12.7. The number of nitrogens with one attached hydrogen (secondary N) is 1. The van der Waals surface area contributed by atoms with Crippen LogP contribution in [0.2, 0.25) is 0 Å². The minimum atomic E-state index is -1.10. The summed E-state index contributed by atoms with van der Waals surface area (Å²) in [5.74, 6) is -0.377. The standard InChI is InChI=1S/C28H37N3O4/c1-27(2,29)26(34)30-24(19-35-18-20-8-4-3-5-9-20)25(33)31-14-12-28(13-15-31)16-21(17-32)22-10-6-7-11-23(22)28/h3-11,21,24,32H,12-19,29H2,1-2H3,(H,30,34)/t21?,24-/m1/s1. The number of hydrogen-bond acceptors (Lipinski definition) is 5. The molecule has 2 atom stereocenters. The summed E-state index contributed by atoms with van der Waals surface area (Å²) in [6, 6.07) is 17.3. The van der Waals surface area contributed by atoms with E-state index in [1.165, 1.54) is 11.1 Å². The summed E-state index contributed by atoms with van der Waals surface area (Å²) in [4.78, 5) is 28.0. The summed E-state index contributed by atoms with van der Waals surface area (Å²) in [7, 11) is 0. The largest absolute Gasteiger partial charge is 0.396 e. The molecule has 0 aromatic heterocycles. The van der Waals surface area contributed by atoms with E-state index in [1.807, 2.05) is 41.3 Å². The number of ether oxygens (including phenoxy) is 1. The summed E-state index contributed by atoms with van der Waals surface area (Å²) >= 11 is 0. The maximum atomic E-state index is 13.5. The Kier molecular flexibility index (Phi) is 7.59. The second-order valence-electron chi connectivity index (χ2n) is 10.5. The summed E-state index contributed by atoms with van der Waals surface area (Å²) in [6.45, 7) is 5.01. The highest BCUT2D eigenvalue weighted by molar-refractivity contribution is 5.91. The van der Waals surface area contributed by atoms with Crippen molar-refractivity contribution in [1.29, 1.82) is 0 Å². The van der Waals surface area contributed by atoms with Crippen molar-refractivity contribution < 1.29 is 19.4 Å². The van der Waals surface area contributed by atoms with Crippen LogP contribution in [0.1, 0.15) is 55.7 Å². The molecular weight excluding hydrogens is 442 g/mol. The molecule has 1 aliphatic heterocycles. The molecule has 1 unspecified atom stereocenters. The minimum absolute atomic E-state index is 0.0113. The Bertz CT molecular complexity index is 1030. The first-order chi connectivity index (χ1) is 16.7. The van der Waals surface area contributed by atoms with Gasteiger partial charge in [-0.3, -0.25) is 9.59 Å². The molecule has 0 radical (unpaired) electrons. The monoisotopic (exact) mass is 479 g/mol. The van der Waals surface area contributed by atoms with Crippen molar-refractivity contribution in [2.24, 2.45) is 5.73 Å². The predicted octanol–water partition coefficient (Wildman–Crippen LogP) is 2.47. The first kappa shape index (κ1) is 25.4. The fourth-order valence-electron chi connectivity index (χ4n) is 5.43. The van der Waals surface area contributed by atoms with E-state index >= 15 is 0 Å². The minimum Gasteiger partial charge on any atom is -0.396 e. The van der Waals surface area contributed by atoms with Gasteiger partial charge in [0, 0.05) is 25.6 Å². The first-order valence-electron chi connectivity index (χ1n) is 12.4. The number of piperidine rings is 1. The number of nitrogens with two attached hydrogens (primary N) is 1. The number of carbonyl (C=O) groups is 2. The Morgan fingerprint density at radius 2 is 1.80 bits per heavy atom. The van der Waals surface area contributed by atoms with Gasteiger partial charge < -0.3 is 25.8 Å². The highest BCUT2D eigenvalue weighted by atomic mass is 16.5. The average molecular weight is 480 g/mol. The fraction of sp³-hybridized carbons (Fsp3) is 0.500. The maximum Gasteiger partial charge on any atom is 0.247 e. The van der Waals surface area contributed by atoms with Crippen LogP contribution in [-0.4, -0.2) is 59.7 Å². The Balaban J connectivity index is 1.43. The highest BCUT2D eigenvalue weighted by Crippen LogP contribution is 2.51. The van der Waals surface area contributed by atoms with Crippen LogP contribution in [0.4, 0.5) is 0 Å². The topological polar surface area (TPSA) is 105 Å². The van der Waals surface area contributed by atoms with Gasteiger partial charge in [-0.1, -0.05) is 54.6 Å². The van der Waals surface area contributed by atoms with Crippen molar-refractivity contribution in [3.63, 3.8) is 0 Å². The van der Waals surface area contributed by atoms with E-state index in [2.05, 4.69) is 23.5 Å². The summed E-state index contributed by atoms with van der Waals surface area (Å²) < 4.78 is 5.84. The average Bonchev–Trinajstić information content (AvgIpc) is 3.16. The Hall–Kier alpha value is -2.74. The lowest BCUT2D eigenvalue weighted by Crippen LogP contribution is -2.59. The second-order valence-corrected chi connectivity index (χ2v) is 10.5. The first-order valence-corrected chi connectivity index (χ1v) is 12.4. The Morgan fingerprint density at radius 3 is 2.46 bits per heavy atom. The molecule has 1 saturated heterocycles. The van der Waals surface area contributed by atoms with E-state index in [9.17, 15) is 14.7 Å². The number of benzene rings is 2. The SMILES string of the molecule is CC(C)(N)C(=O)N[C@H](COCc1ccccc1)C(=O)N1CCC2(CC1)CC(CO)c1ccccc12. The number of carbonyl (C=O) groups excluding carboxylic acids is 2. The van der Waals surface area contributed by atoms with Gasteiger partial charge in [-0.25, -0.2) is 0 Å². The molecule has 0 saturated carbocycles. The normalized spacial score (nSPS) is 19.9. The van der Waals surface area contributed by atoms with Crippen LogP contribution in [0.5, 0.6) is 0 Å². The molecule has 4 N–H and O–H groups in total. The van der Waals surface area contributed by atoms with E-state index < -0.39 is 11.6 Å². The van der Waals surface area contributed by atoms with Gasteiger partial charge in [0.25, 0.3) is 0 Å². The van der Waals surface area contributed by atoms with E-state index in [0.29, 0.717) is 19.7 Å². The van der Waals surface area contributed by atoms with Crippen molar-refractivity contribution in [1.82, 2.24) is 10.2 Å². The quantitative estimate of drug-likeness (QED) is 0.540. The molecule has 4 rings (SSSR count). The van der Waals surface area contributed by atoms with Gasteiger partial charge in [0.15, 0.2) is 0 Å². The summed E-state index contributed by atoms with van der Waals surface area (Å²) in [6.07, 6.45) is 2.58. The number of rotatable bonds is 8. The van der Waals surface area contributed by atoms with Crippen LogP contribution in [0.3, 0.4) is 0 Å². The molecule has 1 heterocycles. The zero-order valence-corrected chi connectivity index (χ0v) is 20.7. The molecule has 35 heavy (non-hydrogen) atoms. The molecule has 1 aliphatic carbocycles. The lowest BCUT2D eigenvalue weighted by molar-refractivity contribution is -0.140. The number of hydrogen-bond donors (Lipinski definition) is 3. The van der Waals surface area contributed by atoms with Gasteiger partial charge in [0.2, 0.25) is 11.8 Å². The third kappa shape index (κ3) is 5.58. The second kappa shape index (κ2) is 10.5. The van der Waals surface area contributed by atoms with Gasteiger partial charge in [-0.05, 0) is 55.2 Å². The lowest BCUT2D eigenvalue weighted by Gasteiger charge is -2.41. The molecule has 1 fully saturated rings. The van der Waals surface area contributed by atoms with Crippen molar-refractivity contribution in [2.45, 2.75) is 62.6 Å². The molecule has 2 aromatic carbocycles. The van der Waals surface area contributed by atoms with E-state index in [4.69, 9.17) is 10.5 Å². The van der Waals surface area contributed by atoms with Crippen LogP contribution in [0.25, 0.3) is 0 Å². The zero-order valence-electron chi connectivity index (χ0n) is 20.7. The molecular formula is C28H37N3O4. The fourth-order valence-corrected chi connectivity index (χ4v) is 5.43. The zero-order chi connectivity index (χ0) is 25.1.